The Morgan fingerprint density at radius 1 is 1.19 bits per heavy atom. The van der Waals surface area contributed by atoms with E-state index in [0.717, 1.165) is 33.9 Å². The van der Waals surface area contributed by atoms with Gasteiger partial charge in [0.25, 0.3) is 0 Å². The van der Waals surface area contributed by atoms with Crippen molar-refractivity contribution in [3.8, 4) is 0 Å². The highest BCUT2D eigenvalue weighted by Crippen LogP contribution is 2.39. The molecule has 3 N–H and O–H groups in total. The highest BCUT2D eigenvalue weighted by molar-refractivity contribution is 6.32. The van der Waals surface area contributed by atoms with E-state index >= 15 is 0 Å². The number of rotatable bonds is 6. The molecule has 4 rings (SSSR count). The predicted octanol–water partition coefficient (Wildman–Crippen LogP) is 6.10. The van der Waals surface area contributed by atoms with Crippen LogP contribution in [-0.2, 0) is 4.79 Å². The molecule has 1 aliphatic rings. The van der Waals surface area contributed by atoms with Gasteiger partial charge in [0.1, 0.15) is 0 Å². The first kappa shape index (κ1) is 21.7. The molecule has 1 unspecified atom stereocenters. The maximum atomic E-state index is 14.4. The van der Waals surface area contributed by atoms with Gasteiger partial charge in [-0.3, -0.25) is 4.98 Å². The number of nitrogens with zero attached hydrogens (tertiary/aromatic N) is 1. The second kappa shape index (κ2) is 9.34. The average Bonchev–Trinajstić information content (AvgIpc) is 3.17. The number of aromatic nitrogens is 1. The zero-order valence-electron chi connectivity index (χ0n) is 17.3. The van der Waals surface area contributed by atoms with E-state index < -0.39 is 12.3 Å². The van der Waals surface area contributed by atoms with Crippen molar-refractivity contribution in [1.29, 1.82) is 0 Å². The Bertz CT molecular complexity index is 1220. The number of hydrogen-bond acceptors (Lipinski definition) is 4. The van der Waals surface area contributed by atoms with Gasteiger partial charge < -0.3 is 10.5 Å². The number of anilines is 1. The van der Waals surface area contributed by atoms with Crippen molar-refractivity contribution < 1.29 is 14.3 Å². The SMILES string of the molecule is CC/C(=C(/c1ccc(/C=C/C(=O)O)cc1)c1ccc2c(c1)C(F)NN2)c1ncccc1Cl. The van der Waals surface area contributed by atoms with Crippen LogP contribution < -0.4 is 10.9 Å². The van der Waals surface area contributed by atoms with Crippen molar-refractivity contribution in [1.82, 2.24) is 10.4 Å². The second-order valence-corrected chi connectivity index (χ2v) is 7.68. The van der Waals surface area contributed by atoms with Gasteiger partial charge in [-0.05, 0) is 64.6 Å². The number of benzene rings is 2. The number of alkyl halides is 1. The minimum absolute atomic E-state index is 0.531. The molecule has 3 aromatic rings. The third-order valence-corrected chi connectivity index (χ3v) is 5.57. The van der Waals surface area contributed by atoms with E-state index in [1.165, 1.54) is 6.08 Å². The first-order chi connectivity index (χ1) is 15.5. The van der Waals surface area contributed by atoms with E-state index in [2.05, 4.69) is 15.8 Å². The molecular weight excluding hydrogens is 429 g/mol. The quantitative estimate of drug-likeness (QED) is 0.313. The van der Waals surface area contributed by atoms with Gasteiger partial charge in [-0.25, -0.2) is 14.6 Å². The zero-order valence-corrected chi connectivity index (χ0v) is 18.0. The number of nitrogens with one attached hydrogen (secondary N) is 2. The molecule has 2 aromatic carbocycles. The third kappa shape index (κ3) is 4.42. The summed E-state index contributed by atoms with van der Waals surface area (Å²) in [5, 5.41) is 9.40. The molecular formula is C25H21ClFN3O2. The summed E-state index contributed by atoms with van der Waals surface area (Å²) in [5.41, 5.74) is 11.6. The first-order valence-electron chi connectivity index (χ1n) is 10.1. The highest BCUT2D eigenvalue weighted by Gasteiger charge is 2.23. The molecule has 0 spiro atoms. The van der Waals surface area contributed by atoms with Crippen LogP contribution in [0.1, 0.15) is 47.6 Å². The Morgan fingerprint density at radius 2 is 1.94 bits per heavy atom. The van der Waals surface area contributed by atoms with Gasteiger partial charge in [-0.2, -0.15) is 0 Å². The summed E-state index contributed by atoms with van der Waals surface area (Å²) in [6.45, 7) is 2.03. The number of carboxylic acid groups (broad SMARTS) is 1. The molecule has 162 valence electrons. The summed E-state index contributed by atoms with van der Waals surface area (Å²) >= 11 is 6.49. The van der Waals surface area contributed by atoms with E-state index in [-0.39, 0.29) is 0 Å². The summed E-state index contributed by atoms with van der Waals surface area (Å²) in [7, 11) is 0. The number of carboxylic acids is 1. The van der Waals surface area contributed by atoms with Gasteiger partial charge in [0.2, 0.25) is 0 Å². The molecule has 0 amide bonds. The van der Waals surface area contributed by atoms with Crippen LogP contribution in [0, 0.1) is 0 Å². The van der Waals surface area contributed by atoms with E-state index in [9.17, 15) is 9.18 Å². The van der Waals surface area contributed by atoms with Crippen molar-refractivity contribution in [2.24, 2.45) is 0 Å². The summed E-state index contributed by atoms with van der Waals surface area (Å²) < 4.78 is 14.4. The fraction of sp³-hybridized carbons (Fsp3) is 0.120. The van der Waals surface area contributed by atoms with Crippen LogP contribution >= 0.6 is 11.6 Å². The lowest BCUT2D eigenvalue weighted by Crippen LogP contribution is -2.14. The molecule has 0 saturated heterocycles. The van der Waals surface area contributed by atoms with Gasteiger partial charge >= 0.3 is 5.97 Å². The van der Waals surface area contributed by atoms with Crippen LogP contribution in [0.4, 0.5) is 10.1 Å². The van der Waals surface area contributed by atoms with Gasteiger partial charge in [0, 0.05) is 17.8 Å². The molecule has 0 saturated carbocycles. The minimum Gasteiger partial charge on any atom is -0.478 e. The summed E-state index contributed by atoms with van der Waals surface area (Å²) in [4.78, 5) is 15.3. The van der Waals surface area contributed by atoms with E-state index in [1.807, 2.05) is 49.4 Å². The summed E-state index contributed by atoms with van der Waals surface area (Å²) in [6, 6.07) is 16.7. The van der Waals surface area contributed by atoms with Crippen molar-refractivity contribution in [2.45, 2.75) is 19.6 Å². The molecule has 32 heavy (non-hydrogen) atoms. The van der Waals surface area contributed by atoms with Crippen molar-refractivity contribution >= 4 is 40.5 Å². The second-order valence-electron chi connectivity index (χ2n) is 7.27. The molecule has 5 nitrogen and oxygen atoms in total. The lowest BCUT2D eigenvalue weighted by molar-refractivity contribution is -0.131. The molecule has 0 radical (unpaired) electrons. The number of pyridine rings is 1. The van der Waals surface area contributed by atoms with Crippen molar-refractivity contribution in [3.63, 3.8) is 0 Å². The van der Waals surface area contributed by atoms with Crippen LogP contribution in [0.15, 0.2) is 66.9 Å². The monoisotopic (exact) mass is 449 g/mol. The summed E-state index contributed by atoms with van der Waals surface area (Å²) in [6.07, 6.45) is 3.67. The van der Waals surface area contributed by atoms with Gasteiger partial charge in [0.05, 0.1) is 16.4 Å². The van der Waals surface area contributed by atoms with Crippen LogP contribution in [-0.4, -0.2) is 16.1 Å². The van der Waals surface area contributed by atoms with Gasteiger partial charge in [0.15, 0.2) is 6.30 Å². The molecule has 2 heterocycles. The van der Waals surface area contributed by atoms with Crippen LogP contribution in [0.2, 0.25) is 5.02 Å². The lowest BCUT2D eigenvalue weighted by Gasteiger charge is -2.17. The Balaban J connectivity index is 1.91. The number of fused-ring (bicyclic) bond motifs is 1. The van der Waals surface area contributed by atoms with Crippen molar-refractivity contribution in [3.05, 3.63) is 99.8 Å². The molecule has 7 heteroatoms. The number of halogens is 2. The fourth-order valence-corrected chi connectivity index (χ4v) is 4.01. The maximum Gasteiger partial charge on any atom is 0.328 e. The topological polar surface area (TPSA) is 74.2 Å². The van der Waals surface area contributed by atoms with Crippen LogP contribution in [0.5, 0.6) is 0 Å². The van der Waals surface area contributed by atoms with E-state index in [4.69, 9.17) is 16.7 Å². The highest BCUT2D eigenvalue weighted by atomic mass is 35.5. The Kier molecular flexibility index (Phi) is 6.35. The Hall–Kier alpha value is -3.48. The van der Waals surface area contributed by atoms with Gasteiger partial charge in [-0.15, -0.1) is 0 Å². The summed E-state index contributed by atoms with van der Waals surface area (Å²) in [5.74, 6) is -1.01. The number of hydrogen-bond donors (Lipinski definition) is 3. The molecule has 1 aromatic heterocycles. The number of aliphatic carboxylic acids is 1. The number of hydrazine groups is 1. The minimum atomic E-state index is -1.31. The van der Waals surface area contributed by atoms with Crippen molar-refractivity contribution in [2.75, 3.05) is 5.43 Å². The largest absolute Gasteiger partial charge is 0.478 e. The molecule has 0 fully saturated rings. The first-order valence-corrected chi connectivity index (χ1v) is 10.5. The molecule has 0 aliphatic carbocycles. The number of allylic oxidation sites excluding steroid dienone is 1. The molecule has 0 bridgehead atoms. The van der Waals surface area contributed by atoms with Crippen LogP contribution in [0.25, 0.3) is 17.2 Å². The number of carbonyl (C=O) groups is 1. The normalized spacial score (nSPS) is 15.9. The zero-order chi connectivity index (χ0) is 22.7. The standard InChI is InChI=1S/C25H21ClFN3O2/c1-2-18(24-20(26)4-3-13-28-24)23(16-8-5-15(6-9-16)7-12-22(31)32)17-10-11-21-19(14-17)25(27)30-29-21/h3-14,25,29-30H,2H2,1H3,(H,31,32)/b12-7+,23-18+. The van der Waals surface area contributed by atoms with Gasteiger partial charge in [-0.1, -0.05) is 48.9 Å². The predicted molar refractivity (Wildman–Crippen MR) is 126 cm³/mol. The lowest BCUT2D eigenvalue weighted by atomic mass is 9.88. The Labute approximate surface area is 190 Å². The van der Waals surface area contributed by atoms with Crippen LogP contribution in [0.3, 0.4) is 0 Å². The molecule has 1 aliphatic heterocycles. The smallest absolute Gasteiger partial charge is 0.328 e. The van der Waals surface area contributed by atoms with E-state index in [1.54, 1.807) is 18.3 Å². The fourth-order valence-electron chi connectivity index (χ4n) is 3.77. The Morgan fingerprint density at radius 3 is 2.62 bits per heavy atom. The average molecular weight is 450 g/mol. The maximum absolute atomic E-state index is 14.4. The molecule has 1 atom stereocenters. The van der Waals surface area contributed by atoms with E-state index in [0.29, 0.717) is 28.4 Å². The third-order valence-electron chi connectivity index (χ3n) is 5.26.